The first-order valence-electron chi connectivity index (χ1n) is 7.02. The van der Waals surface area contributed by atoms with E-state index in [0.29, 0.717) is 12.6 Å². The van der Waals surface area contributed by atoms with Crippen LogP contribution in [0.25, 0.3) is 0 Å². The van der Waals surface area contributed by atoms with E-state index in [1.54, 1.807) is 0 Å². The van der Waals surface area contributed by atoms with Gasteiger partial charge >= 0.3 is 0 Å². The van der Waals surface area contributed by atoms with Gasteiger partial charge in [0.1, 0.15) is 0 Å². The second kappa shape index (κ2) is 7.52. The lowest BCUT2D eigenvalue weighted by molar-refractivity contribution is 0.000439. The zero-order chi connectivity index (χ0) is 12.6. The van der Waals surface area contributed by atoms with Crippen molar-refractivity contribution in [2.75, 3.05) is 19.6 Å². The van der Waals surface area contributed by atoms with Crippen LogP contribution in [0.2, 0.25) is 0 Å². The minimum atomic E-state index is 0.505. The van der Waals surface area contributed by atoms with Crippen molar-refractivity contribution in [3.8, 4) is 0 Å². The fourth-order valence-corrected chi connectivity index (χ4v) is 2.41. The number of nitrogens with zero attached hydrogens (tertiary/aromatic N) is 1. The third-order valence-electron chi connectivity index (χ3n) is 3.60. The van der Waals surface area contributed by atoms with Gasteiger partial charge < -0.3 is 4.90 Å². The molecular formula is C15H24N2O. The third kappa shape index (κ3) is 4.41. The summed E-state index contributed by atoms with van der Waals surface area (Å²) in [5.74, 6) is 0. The molecule has 18 heavy (non-hydrogen) atoms. The minimum absolute atomic E-state index is 0.505. The molecule has 3 nitrogen and oxygen atoms in total. The Morgan fingerprint density at radius 3 is 2.83 bits per heavy atom. The minimum Gasteiger partial charge on any atom is -0.304 e. The van der Waals surface area contributed by atoms with Crippen molar-refractivity contribution in [3.63, 3.8) is 0 Å². The summed E-state index contributed by atoms with van der Waals surface area (Å²) in [6, 6.07) is 10.8. The van der Waals surface area contributed by atoms with Gasteiger partial charge in [-0.15, -0.1) is 0 Å². The second-order valence-electron chi connectivity index (χ2n) is 4.95. The summed E-state index contributed by atoms with van der Waals surface area (Å²) >= 11 is 0. The fourth-order valence-electron chi connectivity index (χ4n) is 2.41. The molecule has 1 atom stereocenters. The molecule has 1 heterocycles. The zero-order valence-electron chi connectivity index (χ0n) is 11.3. The SMILES string of the molecule is CCN1CCCC(NOCc2ccccc2)CC1. The Morgan fingerprint density at radius 1 is 1.22 bits per heavy atom. The van der Waals surface area contributed by atoms with E-state index in [1.165, 1.54) is 37.9 Å². The maximum atomic E-state index is 5.62. The lowest BCUT2D eigenvalue weighted by Gasteiger charge is -2.18. The standard InChI is InChI=1S/C15H24N2O/c1-2-17-11-6-9-15(10-12-17)16-18-13-14-7-4-3-5-8-14/h3-5,7-8,15-16H,2,6,9-13H2,1H3. The quantitative estimate of drug-likeness (QED) is 0.811. The van der Waals surface area contributed by atoms with Crippen LogP contribution in [-0.2, 0) is 11.4 Å². The molecule has 1 aliphatic heterocycles. The molecule has 0 radical (unpaired) electrons. The summed E-state index contributed by atoms with van der Waals surface area (Å²) in [4.78, 5) is 8.13. The third-order valence-corrected chi connectivity index (χ3v) is 3.60. The molecular weight excluding hydrogens is 224 g/mol. The number of benzene rings is 1. The number of hydrogen-bond acceptors (Lipinski definition) is 3. The number of hydroxylamine groups is 1. The van der Waals surface area contributed by atoms with Crippen LogP contribution in [0.1, 0.15) is 31.7 Å². The Kier molecular flexibility index (Phi) is 5.65. The van der Waals surface area contributed by atoms with Crippen LogP contribution >= 0.6 is 0 Å². The molecule has 1 aromatic rings. The number of rotatable bonds is 5. The van der Waals surface area contributed by atoms with Crippen LogP contribution in [-0.4, -0.2) is 30.6 Å². The number of likely N-dealkylation sites (tertiary alicyclic amines) is 1. The van der Waals surface area contributed by atoms with E-state index in [4.69, 9.17) is 4.84 Å². The maximum Gasteiger partial charge on any atom is 0.0933 e. The summed E-state index contributed by atoms with van der Waals surface area (Å²) in [5, 5.41) is 0. The average Bonchev–Trinajstić information content (AvgIpc) is 2.65. The molecule has 0 spiro atoms. The van der Waals surface area contributed by atoms with Crippen molar-refractivity contribution in [1.29, 1.82) is 0 Å². The first-order chi connectivity index (χ1) is 8.88. The van der Waals surface area contributed by atoms with Gasteiger partial charge in [0, 0.05) is 6.04 Å². The monoisotopic (exact) mass is 248 g/mol. The lowest BCUT2D eigenvalue weighted by Crippen LogP contribution is -2.31. The van der Waals surface area contributed by atoms with Crippen LogP contribution in [0.5, 0.6) is 0 Å². The molecule has 1 saturated heterocycles. The van der Waals surface area contributed by atoms with Gasteiger partial charge in [0.15, 0.2) is 0 Å². The Balaban J connectivity index is 1.67. The first kappa shape index (κ1) is 13.5. The highest BCUT2D eigenvalue weighted by Crippen LogP contribution is 2.11. The summed E-state index contributed by atoms with van der Waals surface area (Å²) in [6.45, 7) is 6.46. The molecule has 1 aliphatic rings. The summed E-state index contributed by atoms with van der Waals surface area (Å²) < 4.78 is 0. The highest BCUT2D eigenvalue weighted by molar-refractivity contribution is 5.13. The molecule has 2 rings (SSSR count). The smallest absolute Gasteiger partial charge is 0.0933 e. The van der Waals surface area contributed by atoms with E-state index in [0.717, 1.165) is 6.54 Å². The van der Waals surface area contributed by atoms with Crippen molar-refractivity contribution in [2.45, 2.75) is 38.8 Å². The van der Waals surface area contributed by atoms with E-state index < -0.39 is 0 Å². The maximum absolute atomic E-state index is 5.62. The zero-order valence-corrected chi connectivity index (χ0v) is 11.3. The molecule has 1 aromatic carbocycles. The normalized spacial score (nSPS) is 21.7. The molecule has 0 aromatic heterocycles. The Labute approximate surface area is 110 Å². The van der Waals surface area contributed by atoms with Crippen LogP contribution in [0.3, 0.4) is 0 Å². The van der Waals surface area contributed by atoms with Crippen molar-refractivity contribution in [1.82, 2.24) is 10.4 Å². The summed E-state index contributed by atoms with van der Waals surface area (Å²) in [7, 11) is 0. The molecule has 1 N–H and O–H groups in total. The highest BCUT2D eigenvalue weighted by atomic mass is 16.6. The van der Waals surface area contributed by atoms with Crippen molar-refractivity contribution < 1.29 is 4.84 Å². The predicted molar refractivity (Wildman–Crippen MR) is 74.1 cm³/mol. The van der Waals surface area contributed by atoms with E-state index in [9.17, 15) is 0 Å². The van der Waals surface area contributed by atoms with E-state index in [1.807, 2.05) is 18.2 Å². The van der Waals surface area contributed by atoms with E-state index in [-0.39, 0.29) is 0 Å². The van der Waals surface area contributed by atoms with Gasteiger partial charge in [-0.2, -0.15) is 5.48 Å². The Hall–Kier alpha value is -0.900. The molecule has 3 heteroatoms. The van der Waals surface area contributed by atoms with Crippen LogP contribution in [0, 0.1) is 0 Å². The Bertz CT molecular complexity index is 329. The van der Waals surface area contributed by atoms with Crippen molar-refractivity contribution in [2.24, 2.45) is 0 Å². The molecule has 1 unspecified atom stereocenters. The predicted octanol–water partition coefficient (Wildman–Crippen LogP) is 2.58. The number of nitrogens with one attached hydrogen (secondary N) is 1. The molecule has 0 amide bonds. The van der Waals surface area contributed by atoms with Crippen molar-refractivity contribution in [3.05, 3.63) is 35.9 Å². The second-order valence-corrected chi connectivity index (χ2v) is 4.95. The van der Waals surface area contributed by atoms with Crippen LogP contribution < -0.4 is 5.48 Å². The molecule has 0 saturated carbocycles. The van der Waals surface area contributed by atoms with Gasteiger partial charge in [-0.05, 0) is 44.5 Å². The topological polar surface area (TPSA) is 24.5 Å². The molecule has 0 bridgehead atoms. The van der Waals surface area contributed by atoms with Gasteiger partial charge in [-0.1, -0.05) is 37.3 Å². The first-order valence-corrected chi connectivity index (χ1v) is 7.02. The van der Waals surface area contributed by atoms with E-state index in [2.05, 4.69) is 29.4 Å². The summed E-state index contributed by atoms with van der Waals surface area (Å²) in [5.41, 5.74) is 4.44. The average molecular weight is 248 g/mol. The molecule has 1 fully saturated rings. The number of hydrogen-bond donors (Lipinski definition) is 1. The molecule has 100 valence electrons. The van der Waals surface area contributed by atoms with Crippen LogP contribution in [0.4, 0.5) is 0 Å². The van der Waals surface area contributed by atoms with Gasteiger partial charge in [-0.25, -0.2) is 0 Å². The van der Waals surface area contributed by atoms with Gasteiger partial charge in [0.05, 0.1) is 6.61 Å². The Morgan fingerprint density at radius 2 is 2.06 bits per heavy atom. The fraction of sp³-hybridized carbons (Fsp3) is 0.600. The summed E-state index contributed by atoms with van der Waals surface area (Å²) in [6.07, 6.45) is 3.66. The largest absolute Gasteiger partial charge is 0.304 e. The van der Waals surface area contributed by atoms with Gasteiger partial charge in [0.25, 0.3) is 0 Å². The van der Waals surface area contributed by atoms with E-state index >= 15 is 0 Å². The highest BCUT2D eigenvalue weighted by Gasteiger charge is 2.15. The lowest BCUT2D eigenvalue weighted by atomic mass is 10.1. The van der Waals surface area contributed by atoms with Gasteiger partial charge in [-0.3, -0.25) is 4.84 Å². The molecule has 0 aliphatic carbocycles. The van der Waals surface area contributed by atoms with Crippen molar-refractivity contribution >= 4 is 0 Å². The van der Waals surface area contributed by atoms with Gasteiger partial charge in [0.2, 0.25) is 0 Å². The van der Waals surface area contributed by atoms with Crippen LogP contribution in [0.15, 0.2) is 30.3 Å².